The van der Waals surface area contributed by atoms with Gasteiger partial charge in [-0.1, -0.05) is 97.1 Å². The molecule has 2 atom stereocenters. The van der Waals surface area contributed by atoms with E-state index in [1.165, 1.54) is 0 Å². The Hall–Kier alpha value is -5.47. The van der Waals surface area contributed by atoms with Crippen molar-refractivity contribution in [2.45, 2.75) is 31.5 Å². The molecular formula is C37H35N3O5. The number of hydrogen-bond donors (Lipinski definition) is 3. The number of aromatic nitrogens is 1. The molecule has 0 aliphatic heterocycles. The van der Waals surface area contributed by atoms with E-state index >= 15 is 0 Å². The maximum Gasteiger partial charge on any atom is 0.308 e. The number of benzene rings is 4. The average Bonchev–Trinajstić information content (AvgIpc) is 3.57. The smallest absolute Gasteiger partial charge is 0.308 e. The van der Waals surface area contributed by atoms with Gasteiger partial charge in [0.25, 0.3) is 0 Å². The van der Waals surface area contributed by atoms with E-state index in [-0.39, 0.29) is 19.6 Å². The highest BCUT2D eigenvalue weighted by Gasteiger charge is 2.27. The van der Waals surface area contributed by atoms with Crippen LogP contribution in [-0.2, 0) is 27.4 Å². The van der Waals surface area contributed by atoms with Gasteiger partial charge in [-0.15, -0.1) is 0 Å². The van der Waals surface area contributed by atoms with Gasteiger partial charge >= 0.3 is 5.97 Å². The number of amides is 2. The van der Waals surface area contributed by atoms with Crippen molar-refractivity contribution in [3.63, 3.8) is 0 Å². The van der Waals surface area contributed by atoms with Crippen molar-refractivity contribution in [2.75, 3.05) is 6.61 Å². The summed E-state index contributed by atoms with van der Waals surface area (Å²) in [5.41, 5.74) is 11.3. The van der Waals surface area contributed by atoms with E-state index in [1.54, 1.807) is 22.9 Å². The molecule has 0 aliphatic carbocycles. The van der Waals surface area contributed by atoms with Gasteiger partial charge in [0.2, 0.25) is 11.8 Å². The lowest BCUT2D eigenvalue weighted by molar-refractivity contribution is -0.147. The van der Waals surface area contributed by atoms with E-state index in [2.05, 4.69) is 5.32 Å². The third-order valence-electron chi connectivity index (χ3n) is 7.59. The molecule has 0 bridgehead atoms. The molecule has 1 aromatic heterocycles. The number of rotatable bonds is 13. The number of nitrogens with two attached hydrogens (primary N) is 1. The van der Waals surface area contributed by atoms with Crippen LogP contribution in [0.2, 0.25) is 0 Å². The van der Waals surface area contributed by atoms with Crippen molar-refractivity contribution in [3.8, 4) is 22.3 Å². The minimum atomic E-state index is -0.894. The Balaban J connectivity index is 1.33. The zero-order valence-corrected chi connectivity index (χ0v) is 24.7. The summed E-state index contributed by atoms with van der Waals surface area (Å²) in [4.78, 5) is 38.0. The molecule has 0 aliphatic rings. The van der Waals surface area contributed by atoms with Crippen LogP contribution >= 0.6 is 0 Å². The maximum atomic E-state index is 13.6. The second kappa shape index (κ2) is 14.8. The Morgan fingerprint density at radius 2 is 1.29 bits per heavy atom. The third kappa shape index (κ3) is 8.34. The molecule has 0 radical (unpaired) electrons. The zero-order chi connectivity index (χ0) is 31.6. The van der Waals surface area contributed by atoms with Crippen LogP contribution in [0.3, 0.4) is 0 Å². The summed E-state index contributed by atoms with van der Waals surface area (Å²) in [7, 11) is 0. The van der Waals surface area contributed by atoms with Gasteiger partial charge in [0.15, 0.2) is 0 Å². The quantitative estimate of drug-likeness (QED) is 0.158. The summed E-state index contributed by atoms with van der Waals surface area (Å²) in [5, 5.41) is 13.0. The van der Waals surface area contributed by atoms with E-state index in [4.69, 9.17) is 10.5 Å². The molecule has 0 saturated carbocycles. The average molecular weight is 602 g/mol. The van der Waals surface area contributed by atoms with Crippen molar-refractivity contribution in [2.24, 2.45) is 5.73 Å². The lowest BCUT2D eigenvalue weighted by Gasteiger charge is -2.22. The van der Waals surface area contributed by atoms with Crippen LogP contribution in [0, 0.1) is 0 Å². The summed E-state index contributed by atoms with van der Waals surface area (Å²) < 4.78 is 7.23. The van der Waals surface area contributed by atoms with Gasteiger partial charge in [-0.25, -0.2) is 0 Å². The molecule has 4 aromatic carbocycles. The first-order chi connectivity index (χ1) is 21.9. The molecule has 8 nitrogen and oxygen atoms in total. The highest BCUT2D eigenvalue weighted by molar-refractivity contribution is 5.93. The van der Waals surface area contributed by atoms with Crippen LogP contribution in [0.5, 0.6) is 0 Å². The molecule has 0 fully saturated rings. The van der Waals surface area contributed by atoms with Crippen molar-refractivity contribution in [3.05, 3.63) is 144 Å². The van der Waals surface area contributed by atoms with Crippen molar-refractivity contribution < 1.29 is 24.2 Å². The second-order valence-electron chi connectivity index (χ2n) is 10.8. The van der Waals surface area contributed by atoms with E-state index in [0.29, 0.717) is 12.0 Å². The fourth-order valence-corrected chi connectivity index (χ4v) is 5.11. The van der Waals surface area contributed by atoms with Gasteiger partial charge in [-0.05, 0) is 58.0 Å². The molecule has 4 N–H and O–H groups in total. The Bertz CT molecular complexity index is 1720. The first-order valence-electron chi connectivity index (χ1n) is 14.7. The van der Waals surface area contributed by atoms with Crippen molar-refractivity contribution >= 4 is 17.8 Å². The van der Waals surface area contributed by atoms with Crippen molar-refractivity contribution in [1.82, 2.24) is 9.88 Å². The SMILES string of the molecule is NC(=O)c1ccc(-c2ccc(-c3ccn([C@H](CC(=O)OCc4ccccc4)C(=O)N[C@H](CO)Cc4ccccc4)c3)cc2)cc1. The number of primary amides is 1. The number of esters is 1. The Morgan fingerprint density at radius 3 is 1.87 bits per heavy atom. The van der Waals surface area contributed by atoms with Crippen LogP contribution in [0.15, 0.2) is 128 Å². The zero-order valence-electron chi connectivity index (χ0n) is 24.7. The molecule has 5 rings (SSSR count). The van der Waals surface area contributed by atoms with Crippen LogP contribution in [-0.4, -0.2) is 40.1 Å². The fraction of sp³-hybridized carbons (Fsp3) is 0.162. The lowest BCUT2D eigenvalue weighted by atomic mass is 10.0. The van der Waals surface area contributed by atoms with E-state index in [0.717, 1.165) is 33.4 Å². The molecule has 8 heteroatoms. The molecule has 0 unspecified atom stereocenters. The van der Waals surface area contributed by atoms with E-state index in [9.17, 15) is 19.5 Å². The number of hydrogen-bond acceptors (Lipinski definition) is 5. The van der Waals surface area contributed by atoms with Gasteiger partial charge in [-0.3, -0.25) is 14.4 Å². The van der Waals surface area contributed by atoms with Crippen LogP contribution in [0.1, 0.15) is 33.9 Å². The molecule has 228 valence electrons. The maximum absolute atomic E-state index is 13.6. The topological polar surface area (TPSA) is 124 Å². The fourth-order valence-electron chi connectivity index (χ4n) is 5.11. The monoisotopic (exact) mass is 601 g/mol. The Kier molecular flexibility index (Phi) is 10.2. The summed E-state index contributed by atoms with van der Waals surface area (Å²) in [5.74, 6) is -1.37. The van der Waals surface area contributed by atoms with E-state index in [1.807, 2.05) is 109 Å². The molecule has 1 heterocycles. The van der Waals surface area contributed by atoms with Crippen LogP contribution in [0.4, 0.5) is 0 Å². The van der Waals surface area contributed by atoms with Crippen LogP contribution in [0.25, 0.3) is 22.3 Å². The number of nitrogens with one attached hydrogen (secondary N) is 1. The number of carbonyl (C=O) groups is 3. The highest BCUT2D eigenvalue weighted by Crippen LogP contribution is 2.27. The molecular weight excluding hydrogens is 566 g/mol. The lowest BCUT2D eigenvalue weighted by Crippen LogP contribution is -2.43. The van der Waals surface area contributed by atoms with Gasteiger partial charge in [-0.2, -0.15) is 0 Å². The van der Waals surface area contributed by atoms with Crippen molar-refractivity contribution in [1.29, 1.82) is 0 Å². The summed E-state index contributed by atoms with van der Waals surface area (Å²) in [6.07, 6.45) is 3.86. The number of ether oxygens (including phenoxy) is 1. The number of nitrogens with zero attached hydrogens (tertiary/aromatic N) is 1. The standard InChI is InChI=1S/C37H35N3O5/c38-36(43)31-17-15-29(16-18-31)28-11-13-30(14-12-28)32-19-20-40(23-32)34(22-35(42)45-25-27-9-5-2-6-10-27)37(44)39-33(24-41)21-26-7-3-1-4-8-26/h1-20,23,33-34,41H,21-22,24-25H2,(H2,38,43)(H,39,44)/t33-,34+/m0/s1. The Labute approximate surface area is 262 Å². The minimum Gasteiger partial charge on any atom is -0.461 e. The number of carbonyl (C=O) groups excluding carboxylic acids is 3. The van der Waals surface area contributed by atoms with E-state index < -0.39 is 29.9 Å². The third-order valence-corrected chi connectivity index (χ3v) is 7.59. The normalized spacial score (nSPS) is 12.2. The summed E-state index contributed by atoms with van der Waals surface area (Å²) in [6.45, 7) is -0.143. The summed E-state index contributed by atoms with van der Waals surface area (Å²) in [6, 6.07) is 34.4. The molecule has 0 spiro atoms. The largest absolute Gasteiger partial charge is 0.461 e. The minimum absolute atomic E-state index is 0.107. The molecule has 0 saturated heterocycles. The predicted molar refractivity (Wildman–Crippen MR) is 173 cm³/mol. The number of aliphatic hydroxyl groups excluding tert-OH is 1. The first kappa shape index (κ1) is 31.0. The van der Waals surface area contributed by atoms with Crippen LogP contribution < -0.4 is 11.1 Å². The van der Waals surface area contributed by atoms with Gasteiger partial charge in [0, 0.05) is 18.0 Å². The second-order valence-corrected chi connectivity index (χ2v) is 10.8. The highest BCUT2D eigenvalue weighted by atomic mass is 16.5. The first-order valence-corrected chi connectivity index (χ1v) is 14.7. The predicted octanol–water partition coefficient (Wildman–Crippen LogP) is 5.32. The molecule has 2 amide bonds. The summed E-state index contributed by atoms with van der Waals surface area (Å²) >= 11 is 0. The molecule has 5 aromatic rings. The van der Waals surface area contributed by atoms with Gasteiger partial charge < -0.3 is 25.5 Å². The Morgan fingerprint density at radius 1 is 0.733 bits per heavy atom. The van der Waals surface area contributed by atoms with Gasteiger partial charge in [0.05, 0.1) is 19.1 Å². The van der Waals surface area contributed by atoms with Gasteiger partial charge in [0.1, 0.15) is 12.6 Å². The molecule has 45 heavy (non-hydrogen) atoms. The number of aliphatic hydroxyl groups is 1.